The Kier molecular flexibility index (Phi) is 5.49. The van der Waals surface area contributed by atoms with Crippen LogP contribution in [0.15, 0.2) is 0 Å². The molecule has 0 radical (unpaired) electrons. The molecule has 0 atom stereocenters. The number of hydrogen-bond donors (Lipinski definition) is 0. The summed E-state index contributed by atoms with van der Waals surface area (Å²) < 4.78 is 49.1. The van der Waals surface area contributed by atoms with Crippen molar-refractivity contribution in [2.45, 2.75) is 6.92 Å². The van der Waals surface area contributed by atoms with E-state index in [9.17, 15) is 17.6 Å². The number of halogens is 5. The molecule has 0 aliphatic rings. The normalized spacial score (nSPS) is 9.23. The molecule has 0 nitrogen and oxygen atoms in total. The van der Waals surface area contributed by atoms with Gasteiger partial charge in [0, 0.05) is 23.3 Å². The van der Waals surface area contributed by atoms with Gasteiger partial charge in [-0.2, -0.15) is 0 Å². The average Bonchev–Trinajstić information content (AvgIpc) is 2.15. The van der Waals surface area contributed by atoms with E-state index in [1.165, 1.54) is 6.07 Å². The molecule has 0 fully saturated rings. The van der Waals surface area contributed by atoms with E-state index in [0.717, 1.165) is 24.2 Å². The van der Waals surface area contributed by atoms with E-state index in [1.807, 2.05) is 0 Å². The fourth-order valence-corrected chi connectivity index (χ4v) is 0.632. The summed E-state index contributed by atoms with van der Waals surface area (Å²) in [5.41, 5.74) is -0.668. The topological polar surface area (TPSA) is 0 Å². The van der Waals surface area contributed by atoms with Crippen molar-refractivity contribution >= 4 is 9.69 Å². The summed E-state index contributed by atoms with van der Waals surface area (Å²) in [6, 6.07) is 1.26. The maximum absolute atomic E-state index is 12.4. The molecule has 0 saturated carbocycles. The molecule has 0 aliphatic heterocycles. The Balaban J connectivity index is 0.000000671. The number of benzene rings is 1. The Labute approximate surface area is 86.6 Å². The zero-order valence-corrected chi connectivity index (χ0v) is 10.3. The fourth-order valence-electron chi connectivity index (χ4n) is 0.632. The molecule has 1 aromatic carbocycles. The van der Waals surface area contributed by atoms with Crippen LogP contribution in [0.2, 0.25) is 0 Å². The van der Waals surface area contributed by atoms with E-state index in [1.54, 1.807) is 0 Å². The first-order valence-electron chi connectivity index (χ1n) is 3.02. The average molecular weight is 264 g/mol. The molecule has 0 bridgehead atoms. The summed E-state index contributed by atoms with van der Waals surface area (Å²) in [7, 11) is 4.76. The minimum absolute atomic E-state index is 0.668. The molecule has 0 amide bonds. The van der Waals surface area contributed by atoms with Gasteiger partial charge in [-0.25, -0.2) is 8.78 Å². The summed E-state index contributed by atoms with van der Waals surface area (Å²) in [5.74, 6) is -5.80. The zero-order valence-electron chi connectivity index (χ0n) is 6.60. The molecule has 1 aromatic rings. The van der Waals surface area contributed by atoms with E-state index in [4.69, 9.17) is 9.69 Å². The number of hydrogen-bond acceptors (Lipinski definition) is 0. The molecule has 0 aliphatic carbocycles. The second-order valence-electron chi connectivity index (χ2n) is 2.01. The van der Waals surface area contributed by atoms with Crippen LogP contribution < -0.4 is 0 Å². The Morgan fingerprint density at radius 2 is 1.31 bits per heavy atom. The van der Waals surface area contributed by atoms with Crippen LogP contribution in [0.25, 0.3) is 0 Å². The van der Waals surface area contributed by atoms with E-state index in [-0.39, 0.29) is 0 Å². The monoisotopic (exact) mass is 262 g/mol. The predicted octanol–water partition coefficient (Wildman–Crippen LogP) is 3.04. The molecule has 0 spiro atoms. The summed E-state index contributed by atoms with van der Waals surface area (Å²) in [5, 5.41) is 0. The third-order valence-electron chi connectivity index (χ3n) is 1.26. The molecular formula is C7H3ClF4Zn. The number of rotatable bonds is 0. The van der Waals surface area contributed by atoms with E-state index < -0.39 is 28.8 Å². The van der Waals surface area contributed by atoms with Gasteiger partial charge in [0.1, 0.15) is 0 Å². The SMILES string of the molecule is Cc1c(F)c(F)[c-]c(F)c1F.[Cl][Zn+]. The van der Waals surface area contributed by atoms with Gasteiger partial charge in [0.25, 0.3) is 0 Å². The first-order chi connectivity index (χ1) is 6.04. The summed E-state index contributed by atoms with van der Waals surface area (Å²) in [4.78, 5) is 0. The summed E-state index contributed by atoms with van der Waals surface area (Å²) >= 11 is 0.847. The quantitative estimate of drug-likeness (QED) is 0.292. The van der Waals surface area contributed by atoms with Crippen molar-refractivity contribution in [3.05, 3.63) is 34.9 Å². The standard InChI is InChI=1S/C7H3F4.ClH.Zn/c1-3-6(10)4(8)2-5(9)7(3)11;;/h1H3;1H;/q-1;;+2/p-1. The second kappa shape index (κ2) is 5.56. The van der Waals surface area contributed by atoms with Crippen LogP contribution in [-0.2, 0) is 17.3 Å². The van der Waals surface area contributed by atoms with Gasteiger partial charge in [-0.05, 0) is 0 Å². The van der Waals surface area contributed by atoms with Crippen molar-refractivity contribution in [3.8, 4) is 0 Å². The molecule has 6 heteroatoms. The molecule has 0 aromatic heterocycles. The molecule has 68 valence electrons. The molecule has 0 N–H and O–H groups in total. The Bertz CT molecular complexity index is 277. The molecule has 0 saturated heterocycles. The fraction of sp³-hybridized carbons (Fsp3) is 0.143. The van der Waals surface area contributed by atoms with Crippen LogP contribution in [-0.4, -0.2) is 0 Å². The van der Waals surface area contributed by atoms with E-state index in [0.29, 0.717) is 0 Å². The van der Waals surface area contributed by atoms with Crippen molar-refractivity contribution in [3.63, 3.8) is 0 Å². The third-order valence-corrected chi connectivity index (χ3v) is 1.26. The molecule has 0 heterocycles. The van der Waals surface area contributed by atoms with Crippen LogP contribution in [0.3, 0.4) is 0 Å². The zero-order chi connectivity index (χ0) is 10.6. The first kappa shape index (κ1) is 12.9. The van der Waals surface area contributed by atoms with Crippen molar-refractivity contribution in [2.75, 3.05) is 0 Å². The Morgan fingerprint density at radius 1 is 1.00 bits per heavy atom. The third kappa shape index (κ3) is 2.92. The van der Waals surface area contributed by atoms with Gasteiger partial charge in [0.2, 0.25) is 0 Å². The summed E-state index contributed by atoms with van der Waals surface area (Å²) in [6.07, 6.45) is 0. The van der Waals surface area contributed by atoms with Gasteiger partial charge in [-0.1, -0.05) is 12.5 Å². The van der Waals surface area contributed by atoms with Crippen LogP contribution >= 0.6 is 9.69 Å². The van der Waals surface area contributed by atoms with Crippen molar-refractivity contribution < 1.29 is 34.9 Å². The Hall–Kier alpha value is -0.147. The second-order valence-corrected chi connectivity index (χ2v) is 2.01. The molecular weight excluding hydrogens is 261 g/mol. The molecule has 0 unspecified atom stereocenters. The van der Waals surface area contributed by atoms with Gasteiger partial charge in [-0.15, -0.1) is 6.07 Å². The van der Waals surface area contributed by atoms with Crippen LogP contribution in [0, 0.1) is 36.3 Å². The maximum atomic E-state index is 12.4. The van der Waals surface area contributed by atoms with Crippen molar-refractivity contribution in [1.29, 1.82) is 0 Å². The van der Waals surface area contributed by atoms with Crippen LogP contribution in [0.1, 0.15) is 5.56 Å². The molecule has 13 heavy (non-hydrogen) atoms. The minimum atomic E-state index is -1.50. The van der Waals surface area contributed by atoms with Gasteiger partial charge in [-0.3, -0.25) is 8.78 Å². The van der Waals surface area contributed by atoms with Crippen LogP contribution in [0.4, 0.5) is 17.6 Å². The first-order valence-corrected chi connectivity index (χ1v) is 6.92. The van der Waals surface area contributed by atoms with Crippen LogP contribution in [0.5, 0.6) is 0 Å². The van der Waals surface area contributed by atoms with Gasteiger partial charge >= 0.3 is 27.0 Å². The van der Waals surface area contributed by atoms with Crippen molar-refractivity contribution in [1.82, 2.24) is 0 Å². The summed E-state index contributed by atoms with van der Waals surface area (Å²) in [6.45, 7) is 0.949. The van der Waals surface area contributed by atoms with E-state index in [2.05, 4.69) is 0 Å². The molecule has 1 rings (SSSR count). The van der Waals surface area contributed by atoms with Gasteiger partial charge in [0.05, 0.1) is 0 Å². The van der Waals surface area contributed by atoms with E-state index >= 15 is 0 Å². The van der Waals surface area contributed by atoms with Gasteiger partial charge < -0.3 is 0 Å². The Morgan fingerprint density at radius 3 is 1.62 bits per heavy atom. The predicted molar refractivity (Wildman–Crippen MR) is 35.7 cm³/mol. The van der Waals surface area contributed by atoms with Gasteiger partial charge in [0.15, 0.2) is 0 Å². The van der Waals surface area contributed by atoms with Crippen molar-refractivity contribution in [2.24, 2.45) is 0 Å².